The average molecular weight is 200 g/mol. The lowest BCUT2D eigenvalue weighted by atomic mass is 10.1. The Balaban J connectivity index is 3.59. The van der Waals surface area contributed by atoms with Gasteiger partial charge in [0.1, 0.15) is 0 Å². The summed E-state index contributed by atoms with van der Waals surface area (Å²) in [6.07, 6.45) is 3.31. The fraction of sp³-hybridized carbons (Fsp3) is 0.727. The second-order valence-electron chi connectivity index (χ2n) is 3.51. The summed E-state index contributed by atoms with van der Waals surface area (Å²) in [6.45, 7) is 6.21. The van der Waals surface area contributed by atoms with Crippen molar-refractivity contribution in [2.45, 2.75) is 33.6 Å². The van der Waals surface area contributed by atoms with E-state index in [0.717, 1.165) is 12.8 Å². The smallest absolute Gasteiger partial charge is 0.333 e. The molecular formula is C11H20O3. The van der Waals surface area contributed by atoms with Crippen molar-refractivity contribution in [2.75, 3.05) is 13.2 Å². The minimum absolute atomic E-state index is 0.197. The third-order valence-electron chi connectivity index (χ3n) is 2.22. The van der Waals surface area contributed by atoms with Crippen LogP contribution in [0.2, 0.25) is 0 Å². The molecule has 0 aliphatic heterocycles. The first-order chi connectivity index (χ1) is 6.61. The zero-order chi connectivity index (χ0) is 11.0. The van der Waals surface area contributed by atoms with Gasteiger partial charge in [-0.25, -0.2) is 4.79 Å². The molecule has 1 unspecified atom stereocenters. The SMILES string of the molecule is CC=C(C)C(=O)OCCC(C)CCO. The highest BCUT2D eigenvalue weighted by Gasteiger charge is 2.06. The van der Waals surface area contributed by atoms with E-state index in [-0.39, 0.29) is 12.6 Å². The first-order valence-electron chi connectivity index (χ1n) is 5.02. The minimum atomic E-state index is -0.247. The first-order valence-corrected chi connectivity index (χ1v) is 5.02. The maximum absolute atomic E-state index is 11.2. The van der Waals surface area contributed by atoms with Crippen molar-refractivity contribution in [2.24, 2.45) is 5.92 Å². The number of hydrogen-bond acceptors (Lipinski definition) is 3. The van der Waals surface area contributed by atoms with Crippen molar-refractivity contribution in [1.29, 1.82) is 0 Å². The van der Waals surface area contributed by atoms with Crippen LogP contribution in [0.15, 0.2) is 11.6 Å². The molecule has 0 aromatic heterocycles. The molecule has 82 valence electrons. The first kappa shape index (κ1) is 13.2. The molecule has 0 aliphatic carbocycles. The second-order valence-corrected chi connectivity index (χ2v) is 3.51. The van der Waals surface area contributed by atoms with Gasteiger partial charge in [-0.3, -0.25) is 0 Å². The molecule has 1 N–H and O–H groups in total. The Bertz CT molecular complexity index is 197. The van der Waals surface area contributed by atoms with Crippen LogP contribution in [0, 0.1) is 5.92 Å². The highest BCUT2D eigenvalue weighted by atomic mass is 16.5. The summed E-state index contributed by atoms with van der Waals surface area (Å²) in [4.78, 5) is 11.2. The van der Waals surface area contributed by atoms with Crippen molar-refractivity contribution >= 4 is 5.97 Å². The van der Waals surface area contributed by atoms with Crippen LogP contribution in [-0.4, -0.2) is 24.3 Å². The molecule has 0 aliphatic rings. The number of carbonyl (C=O) groups is 1. The molecule has 0 saturated heterocycles. The van der Waals surface area contributed by atoms with Crippen LogP contribution in [0.25, 0.3) is 0 Å². The topological polar surface area (TPSA) is 46.5 Å². The van der Waals surface area contributed by atoms with Crippen molar-refractivity contribution in [3.63, 3.8) is 0 Å². The fourth-order valence-corrected chi connectivity index (χ4v) is 0.949. The van der Waals surface area contributed by atoms with Crippen molar-refractivity contribution in [1.82, 2.24) is 0 Å². The number of aliphatic hydroxyl groups excluding tert-OH is 1. The van der Waals surface area contributed by atoms with Crippen molar-refractivity contribution in [3.8, 4) is 0 Å². The van der Waals surface area contributed by atoms with Gasteiger partial charge >= 0.3 is 5.97 Å². The Morgan fingerprint density at radius 1 is 1.50 bits per heavy atom. The summed E-state index contributed by atoms with van der Waals surface area (Å²) in [5.74, 6) is 0.155. The van der Waals surface area contributed by atoms with E-state index >= 15 is 0 Å². The number of esters is 1. The summed E-state index contributed by atoms with van der Waals surface area (Å²) in [7, 11) is 0. The van der Waals surface area contributed by atoms with Crippen LogP contribution < -0.4 is 0 Å². The van der Waals surface area contributed by atoms with Crippen LogP contribution in [0.4, 0.5) is 0 Å². The molecule has 3 heteroatoms. The Kier molecular flexibility index (Phi) is 7.11. The standard InChI is InChI=1S/C11H20O3/c1-4-10(3)11(13)14-8-6-9(2)5-7-12/h4,9,12H,5-8H2,1-3H3. The Hall–Kier alpha value is -0.830. The van der Waals surface area contributed by atoms with E-state index in [2.05, 4.69) is 0 Å². The van der Waals surface area contributed by atoms with Gasteiger partial charge in [0, 0.05) is 12.2 Å². The van der Waals surface area contributed by atoms with E-state index in [9.17, 15) is 4.79 Å². The van der Waals surface area contributed by atoms with Gasteiger partial charge in [0.05, 0.1) is 6.61 Å². The normalized spacial score (nSPS) is 13.9. The Morgan fingerprint density at radius 3 is 2.64 bits per heavy atom. The molecule has 0 spiro atoms. The third kappa shape index (κ3) is 5.75. The molecule has 0 bridgehead atoms. The fourth-order valence-electron chi connectivity index (χ4n) is 0.949. The van der Waals surface area contributed by atoms with Crippen LogP contribution in [-0.2, 0) is 9.53 Å². The minimum Gasteiger partial charge on any atom is -0.462 e. The zero-order valence-corrected chi connectivity index (χ0v) is 9.25. The van der Waals surface area contributed by atoms with E-state index in [1.807, 2.05) is 13.8 Å². The lowest BCUT2D eigenvalue weighted by Crippen LogP contribution is -2.10. The number of ether oxygens (including phenoxy) is 1. The summed E-state index contributed by atoms with van der Waals surface area (Å²) < 4.78 is 5.02. The van der Waals surface area contributed by atoms with E-state index in [4.69, 9.17) is 9.84 Å². The summed E-state index contributed by atoms with van der Waals surface area (Å²) in [6, 6.07) is 0. The Labute approximate surface area is 85.8 Å². The summed E-state index contributed by atoms with van der Waals surface area (Å²) in [5, 5.41) is 8.65. The molecule has 0 fully saturated rings. The molecule has 0 aromatic rings. The van der Waals surface area contributed by atoms with Gasteiger partial charge in [0.15, 0.2) is 0 Å². The van der Waals surface area contributed by atoms with Crippen molar-refractivity contribution in [3.05, 3.63) is 11.6 Å². The summed E-state index contributed by atoms with van der Waals surface area (Å²) in [5.41, 5.74) is 0.639. The molecule has 0 aromatic carbocycles. The van der Waals surface area contributed by atoms with Crippen LogP contribution in [0.3, 0.4) is 0 Å². The average Bonchev–Trinajstić information content (AvgIpc) is 2.16. The number of aliphatic hydroxyl groups is 1. The van der Waals surface area contributed by atoms with E-state index in [1.165, 1.54) is 0 Å². The lowest BCUT2D eigenvalue weighted by Gasteiger charge is -2.09. The third-order valence-corrected chi connectivity index (χ3v) is 2.22. The highest BCUT2D eigenvalue weighted by Crippen LogP contribution is 2.07. The molecule has 0 rings (SSSR count). The number of hydrogen-bond donors (Lipinski definition) is 1. The molecule has 14 heavy (non-hydrogen) atoms. The molecule has 0 radical (unpaired) electrons. The van der Waals surface area contributed by atoms with Gasteiger partial charge in [-0.05, 0) is 32.6 Å². The van der Waals surface area contributed by atoms with E-state index in [1.54, 1.807) is 13.0 Å². The van der Waals surface area contributed by atoms with Crippen molar-refractivity contribution < 1.29 is 14.6 Å². The predicted octanol–water partition coefficient (Wildman–Crippen LogP) is 1.90. The van der Waals surface area contributed by atoms with Gasteiger partial charge in [0.2, 0.25) is 0 Å². The van der Waals surface area contributed by atoms with Gasteiger partial charge < -0.3 is 9.84 Å². The van der Waals surface area contributed by atoms with Crippen LogP contribution >= 0.6 is 0 Å². The van der Waals surface area contributed by atoms with Gasteiger partial charge in [-0.2, -0.15) is 0 Å². The quantitative estimate of drug-likeness (QED) is 0.526. The molecular weight excluding hydrogens is 180 g/mol. The molecule has 3 nitrogen and oxygen atoms in total. The molecule has 0 saturated carbocycles. The maximum atomic E-state index is 11.2. The maximum Gasteiger partial charge on any atom is 0.333 e. The molecule has 0 heterocycles. The number of rotatable bonds is 6. The predicted molar refractivity (Wildman–Crippen MR) is 55.9 cm³/mol. The number of carbonyl (C=O) groups excluding carboxylic acids is 1. The van der Waals surface area contributed by atoms with Crippen LogP contribution in [0.5, 0.6) is 0 Å². The largest absolute Gasteiger partial charge is 0.462 e. The van der Waals surface area contributed by atoms with Gasteiger partial charge in [-0.15, -0.1) is 0 Å². The molecule has 0 amide bonds. The van der Waals surface area contributed by atoms with Crippen LogP contribution in [0.1, 0.15) is 33.6 Å². The van der Waals surface area contributed by atoms with Gasteiger partial charge in [-0.1, -0.05) is 13.0 Å². The molecule has 1 atom stereocenters. The Morgan fingerprint density at radius 2 is 2.14 bits per heavy atom. The van der Waals surface area contributed by atoms with Gasteiger partial charge in [0.25, 0.3) is 0 Å². The zero-order valence-electron chi connectivity index (χ0n) is 9.25. The van der Waals surface area contributed by atoms with E-state index < -0.39 is 0 Å². The second kappa shape index (κ2) is 7.56. The van der Waals surface area contributed by atoms with E-state index in [0.29, 0.717) is 18.1 Å². The monoisotopic (exact) mass is 200 g/mol. The lowest BCUT2D eigenvalue weighted by molar-refractivity contribution is -0.139. The number of allylic oxidation sites excluding steroid dienone is 1. The summed E-state index contributed by atoms with van der Waals surface area (Å²) >= 11 is 0. The highest BCUT2D eigenvalue weighted by molar-refractivity contribution is 5.87.